The van der Waals surface area contributed by atoms with E-state index in [0.29, 0.717) is 12.8 Å². The Labute approximate surface area is 142 Å². The molecule has 3 rings (SSSR count). The van der Waals surface area contributed by atoms with E-state index < -0.39 is 23.1 Å². The second kappa shape index (κ2) is 5.46. The Bertz CT molecular complexity index is 582. The van der Waals surface area contributed by atoms with Crippen molar-refractivity contribution in [2.75, 3.05) is 0 Å². The van der Waals surface area contributed by atoms with Gasteiger partial charge >= 0.3 is 17.9 Å². The van der Waals surface area contributed by atoms with Crippen LogP contribution in [0.1, 0.15) is 53.9 Å². The summed E-state index contributed by atoms with van der Waals surface area (Å²) >= 11 is 0. The van der Waals surface area contributed by atoms with Crippen LogP contribution in [-0.2, 0) is 28.6 Å². The van der Waals surface area contributed by atoms with Crippen LogP contribution in [0.25, 0.3) is 0 Å². The van der Waals surface area contributed by atoms with E-state index in [2.05, 4.69) is 0 Å². The number of hydrogen-bond donors (Lipinski definition) is 0. The molecule has 2 aliphatic carbocycles. The molecule has 1 aliphatic heterocycles. The third-order valence-electron chi connectivity index (χ3n) is 6.10. The van der Waals surface area contributed by atoms with Crippen LogP contribution in [0.4, 0.5) is 0 Å². The lowest BCUT2D eigenvalue weighted by Crippen LogP contribution is -2.52. The quantitative estimate of drug-likeness (QED) is 0.565. The average molecular weight is 338 g/mol. The van der Waals surface area contributed by atoms with Crippen LogP contribution >= 0.6 is 0 Å². The average Bonchev–Trinajstić information content (AvgIpc) is 3.11. The van der Waals surface area contributed by atoms with Gasteiger partial charge in [-0.1, -0.05) is 13.8 Å². The number of esters is 3. The molecule has 0 N–H and O–H groups in total. The topological polar surface area (TPSA) is 78.9 Å². The molecule has 6 unspecified atom stereocenters. The zero-order valence-electron chi connectivity index (χ0n) is 15.0. The summed E-state index contributed by atoms with van der Waals surface area (Å²) in [5, 5.41) is 0. The molecule has 134 valence electrons. The van der Waals surface area contributed by atoms with Gasteiger partial charge in [0.05, 0.1) is 11.8 Å². The van der Waals surface area contributed by atoms with E-state index >= 15 is 0 Å². The normalized spacial score (nSPS) is 38.0. The Balaban J connectivity index is 1.70. The number of hydrogen-bond acceptors (Lipinski definition) is 6. The summed E-state index contributed by atoms with van der Waals surface area (Å²) in [7, 11) is 0. The first-order chi connectivity index (χ1) is 11.1. The van der Waals surface area contributed by atoms with Crippen LogP contribution in [0, 0.1) is 23.7 Å². The first-order valence-electron chi connectivity index (χ1n) is 8.77. The Morgan fingerprint density at radius 1 is 1.38 bits per heavy atom. The summed E-state index contributed by atoms with van der Waals surface area (Å²) in [5.74, 6) is -1.22. The smallest absolute Gasteiger partial charge is 0.350 e. The lowest BCUT2D eigenvalue weighted by atomic mass is 9.79. The summed E-state index contributed by atoms with van der Waals surface area (Å²) in [4.78, 5) is 36.6. The highest BCUT2D eigenvalue weighted by Gasteiger charge is 2.69. The van der Waals surface area contributed by atoms with Crippen molar-refractivity contribution in [1.82, 2.24) is 0 Å². The van der Waals surface area contributed by atoms with Crippen molar-refractivity contribution in [3.05, 3.63) is 0 Å². The van der Waals surface area contributed by atoms with Crippen molar-refractivity contribution in [1.29, 1.82) is 0 Å². The molecule has 0 aromatic heterocycles. The molecule has 0 spiro atoms. The third-order valence-corrected chi connectivity index (χ3v) is 6.10. The van der Waals surface area contributed by atoms with E-state index in [0.717, 1.165) is 6.42 Å². The van der Waals surface area contributed by atoms with Crippen LogP contribution in [0.3, 0.4) is 0 Å². The highest BCUT2D eigenvalue weighted by Crippen LogP contribution is 2.60. The predicted octanol–water partition coefficient (Wildman–Crippen LogP) is 2.24. The molecule has 6 nitrogen and oxygen atoms in total. The number of ether oxygens (including phenoxy) is 3. The van der Waals surface area contributed by atoms with Gasteiger partial charge in [0.25, 0.3) is 0 Å². The van der Waals surface area contributed by atoms with Crippen LogP contribution in [0.15, 0.2) is 0 Å². The van der Waals surface area contributed by atoms with Gasteiger partial charge in [-0.25, -0.2) is 4.79 Å². The van der Waals surface area contributed by atoms with Crippen LogP contribution in [0.5, 0.6) is 0 Å². The molecule has 0 radical (unpaired) electrons. The van der Waals surface area contributed by atoms with Gasteiger partial charge in [-0.3, -0.25) is 9.59 Å². The third kappa shape index (κ3) is 2.42. The van der Waals surface area contributed by atoms with Crippen LogP contribution in [-0.4, -0.2) is 35.2 Å². The molecule has 1 saturated heterocycles. The van der Waals surface area contributed by atoms with Gasteiger partial charge in [-0.15, -0.1) is 0 Å². The highest BCUT2D eigenvalue weighted by molar-refractivity contribution is 5.84. The predicted molar refractivity (Wildman–Crippen MR) is 83.7 cm³/mol. The van der Waals surface area contributed by atoms with E-state index in [4.69, 9.17) is 14.2 Å². The van der Waals surface area contributed by atoms with Crippen molar-refractivity contribution in [2.24, 2.45) is 23.7 Å². The van der Waals surface area contributed by atoms with Gasteiger partial charge in [-0.05, 0) is 40.0 Å². The van der Waals surface area contributed by atoms with Crippen molar-refractivity contribution < 1.29 is 28.6 Å². The molecule has 2 saturated carbocycles. The largest absolute Gasteiger partial charge is 0.458 e. The molecular formula is C18H26O6. The van der Waals surface area contributed by atoms with Gasteiger partial charge in [0.15, 0.2) is 0 Å². The standard InChI is InChI=1S/C18H26O6/c1-6-9(2)14(19)23-17(3,4)16(21)24-18(5)10-7-11-12(8-10)15(20)22-13(11)18/h9-13H,6-8H2,1-5H3. The Morgan fingerprint density at radius 2 is 2.04 bits per heavy atom. The van der Waals surface area contributed by atoms with Crippen LogP contribution < -0.4 is 0 Å². The van der Waals surface area contributed by atoms with E-state index in [1.807, 2.05) is 13.8 Å². The second-order valence-electron chi connectivity index (χ2n) is 8.11. The Kier molecular flexibility index (Phi) is 3.92. The highest BCUT2D eigenvalue weighted by atomic mass is 16.6. The molecule has 0 aromatic carbocycles. The first kappa shape index (κ1) is 17.2. The maximum atomic E-state index is 12.7. The summed E-state index contributed by atoms with van der Waals surface area (Å²) in [5.41, 5.74) is -2.20. The van der Waals surface area contributed by atoms with E-state index in [1.165, 1.54) is 13.8 Å². The Hall–Kier alpha value is -1.59. The zero-order valence-corrected chi connectivity index (χ0v) is 15.0. The van der Waals surface area contributed by atoms with Crippen molar-refractivity contribution >= 4 is 17.9 Å². The number of fused-ring (bicyclic) bond motifs is 1. The fourth-order valence-electron chi connectivity index (χ4n) is 4.24. The van der Waals surface area contributed by atoms with E-state index in [1.54, 1.807) is 6.92 Å². The molecule has 2 bridgehead atoms. The fraction of sp³-hybridized carbons (Fsp3) is 0.833. The summed E-state index contributed by atoms with van der Waals surface area (Å²) in [6, 6.07) is 0. The van der Waals surface area contributed by atoms with Gasteiger partial charge in [0.2, 0.25) is 5.60 Å². The SMILES string of the molecule is CCC(C)C(=O)OC(C)(C)C(=O)OC1(C)C2CC3C(=O)OC1C3C2. The van der Waals surface area contributed by atoms with Gasteiger partial charge in [0.1, 0.15) is 11.7 Å². The monoisotopic (exact) mass is 338 g/mol. The molecule has 6 heteroatoms. The molecule has 24 heavy (non-hydrogen) atoms. The second-order valence-corrected chi connectivity index (χ2v) is 8.11. The minimum atomic E-state index is -1.37. The van der Waals surface area contributed by atoms with Crippen LogP contribution in [0.2, 0.25) is 0 Å². The van der Waals surface area contributed by atoms with Gasteiger partial charge in [0, 0.05) is 11.8 Å². The van der Waals surface area contributed by atoms with E-state index in [9.17, 15) is 14.4 Å². The minimum absolute atomic E-state index is 0.0389. The van der Waals surface area contributed by atoms with Crippen molar-refractivity contribution in [3.63, 3.8) is 0 Å². The van der Waals surface area contributed by atoms with Gasteiger partial charge in [-0.2, -0.15) is 0 Å². The van der Waals surface area contributed by atoms with Crippen molar-refractivity contribution in [2.45, 2.75) is 71.2 Å². The Morgan fingerprint density at radius 3 is 2.67 bits per heavy atom. The molecule has 0 aromatic rings. The molecule has 6 atom stereocenters. The molecule has 1 heterocycles. The molecule has 0 amide bonds. The number of carbonyl (C=O) groups excluding carboxylic acids is 3. The maximum absolute atomic E-state index is 12.7. The summed E-state index contributed by atoms with van der Waals surface area (Å²) in [6.07, 6.45) is 1.82. The van der Waals surface area contributed by atoms with Gasteiger partial charge < -0.3 is 14.2 Å². The number of carbonyl (C=O) groups is 3. The molecule has 3 fully saturated rings. The lowest BCUT2D eigenvalue weighted by Gasteiger charge is -2.38. The minimum Gasteiger partial charge on any atom is -0.458 e. The van der Waals surface area contributed by atoms with E-state index in [-0.39, 0.29) is 35.7 Å². The first-order valence-corrected chi connectivity index (χ1v) is 8.77. The van der Waals surface area contributed by atoms with Crippen molar-refractivity contribution in [3.8, 4) is 0 Å². The molecular weight excluding hydrogens is 312 g/mol. The summed E-state index contributed by atoms with van der Waals surface area (Å²) < 4.78 is 16.6. The summed E-state index contributed by atoms with van der Waals surface area (Å²) in [6.45, 7) is 8.56. The fourth-order valence-corrected chi connectivity index (χ4v) is 4.24. The number of rotatable bonds is 5. The zero-order chi connectivity index (χ0) is 17.9. The molecule has 3 aliphatic rings. The maximum Gasteiger partial charge on any atom is 0.350 e. The lowest BCUT2D eigenvalue weighted by molar-refractivity contribution is -0.202.